The molecular weight excluding hydrogens is 1760 g/mol. The van der Waals surface area contributed by atoms with Crippen molar-refractivity contribution in [2.24, 2.45) is 71.3 Å². The van der Waals surface area contributed by atoms with Crippen molar-refractivity contribution in [2.75, 3.05) is 28.3 Å². The van der Waals surface area contributed by atoms with Crippen molar-refractivity contribution in [3.63, 3.8) is 0 Å². The fourth-order valence-electron chi connectivity index (χ4n) is 13.6. The van der Waals surface area contributed by atoms with E-state index in [1.807, 2.05) is 231 Å². The molecule has 5 aliphatic rings. The molecule has 0 spiro atoms. The second kappa shape index (κ2) is 45.4. The zero-order valence-corrected chi connectivity index (χ0v) is 76.5. The summed E-state index contributed by atoms with van der Waals surface area (Å²) in [7, 11) is 1.95. The SMILES string of the molecule is CC1(C)Cc2c(cnn2-c2ccccc2)C(=O)/C1=N/NC(N)=S.Cc1cccc(NC(=O)Cn2c(O)c(N=NC(=S)Nc3ccccc3)c3ccccc32)c1.Cn1/c(=N\NC(=S)NC(=O)C2CC2)sc2ccccc21.NC(=S)N/N=C1/CCSc2sccc21.NC(=S)N/N=C1\CCOc2ccc3ccccc3c21.S=C(NN=C1CCCCCC1)Nc1ccccc1. The molecular formula is C89H93N23O5S9. The van der Waals surface area contributed by atoms with E-state index in [0.717, 1.165) is 121 Å². The number of aromatic hydroxyl groups is 1. The van der Waals surface area contributed by atoms with Crippen molar-refractivity contribution in [1.29, 1.82) is 0 Å². The van der Waals surface area contributed by atoms with E-state index >= 15 is 0 Å². The fourth-order valence-corrected chi connectivity index (χ4v) is 17.3. The Bertz CT molecular complexity index is 6200. The molecule has 2 aliphatic heterocycles. The van der Waals surface area contributed by atoms with E-state index in [9.17, 15) is 19.5 Å². The summed E-state index contributed by atoms with van der Waals surface area (Å²) in [4.78, 5) is 37.8. The van der Waals surface area contributed by atoms with Crippen LogP contribution in [-0.2, 0) is 29.6 Å². The van der Waals surface area contributed by atoms with E-state index in [0.29, 0.717) is 46.0 Å². The summed E-state index contributed by atoms with van der Waals surface area (Å²) >= 11 is 34.9. The van der Waals surface area contributed by atoms with Gasteiger partial charge in [-0.3, -0.25) is 41.5 Å². The van der Waals surface area contributed by atoms with Gasteiger partial charge in [0, 0.05) is 82.7 Å². The molecule has 4 aromatic heterocycles. The molecule has 2 amide bonds. The van der Waals surface area contributed by atoms with Gasteiger partial charge in [-0.15, -0.1) is 38.4 Å². The fraction of sp³-hybridized carbons (Fsp3) is 0.225. The maximum Gasteiger partial charge on any atom is 0.244 e. The van der Waals surface area contributed by atoms with Gasteiger partial charge in [-0.2, -0.15) is 25.5 Å². The molecule has 28 nitrogen and oxygen atoms in total. The summed E-state index contributed by atoms with van der Waals surface area (Å²) < 4.78 is 13.5. The average Bonchev–Trinajstić information content (AvgIpc) is 1.62. The lowest BCUT2D eigenvalue weighted by Crippen LogP contribution is -2.41. The van der Waals surface area contributed by atoms with E-state index in [4.69, 9.17) is 95.2 Å². The molecule has 8 aromatic carbocycles. The number of benzene rings is 8. The molecule has 648 valence electrons. The normalized spacial score (nSPS) is 15.1. The third-order valence-electron chi connectivity index (χ3n) is 19.7. The van der Waals surface area contributed by atoms with Gasteiger partial charge in [0.2, 0.25) is 33.4 Å². The molecule has 0 radical (unpaired) electrons. The monoisotopic (exact) mass is 1850 g/mol. The van der Waals surface area contributed by atoms with Crippen LogP contribution in [0.15, 0.2) is 258 Å². The van der Waals surface area contributed by atoms with E-state index in [1.54, 1.807) is 28.9 Å². The third kappa shape index (κ3) is 26.3. The van der Waals surface area contributed by atoms with Gasteiger partial charge in [-0.25, -0.2) is 4.68 Å². The number of thiophene rings is 1. The number of aromatic nitrogens is 4. The van der Waals surface area contributed by atoms with Gasteiger partial charge in [0.05, 0.1) is 61.1 Å². The van der Waals surface area contributed by atoms with Crippen LogP contribution >= 0.6 is 108 Å². The van der Waals surface area contributed by atoms with Crippen LogP contribution in [0.1, 0.15) is 111 Å². The van der Waals surface area contributed by atoms with Crippen LogP contribution in [0, 0.1) is 18.3 Å². The molecule has 17 rings (SSSR count). The molecule has 6 heterocycles. The van der Waals surface area contributed by atoms with Crippen molar-refractivity contribution >= 4 is 234 Å². The van der Waals surface area contributed by atoms with Crippen LogP contribution in [0.2, 0.25) is 0 Å². The first-order valence-electron chi connectivity index (χ1n) is 40.1. The van der Waals surface area contributed by atoms with Crippen LogP contribution < -0.4 is 75.1 Å². The predicted octanol–water partition coefficient (Wildman–Crippen LogP) is 16.7. The Morgan fingerprint density at radius 2 is 1.24 bits per heavy atom. The Balaban J connectivity index is 0.000000140. The van der Waals surface area contributed by atoms with Gasteiger partial charge in [-0.05, 0) is 219 Å². The molecule has 12 aromatic rings. The highest BCUT2D eigenvalue weighted by atomic mass is 32.2. The van der Waals surface area contributed by atoms with Crippen LogP contribution in [0.4, 0.5) is 22.7 Å². The van der Waals surface area contributed by atoms with Gasteiger partial charge in [0.25, 0.3) is 0 Å². The molecule has 2 fully saturated rings. The Hall–Kier alpha value is -12.5. The minimum atomic E-state index is -0.450. The molecule has 0 bridgehead atoms. The molecule has 16 N–H and O–H groups in total. The molecule has 0 atom stereocenters. The molecule has 0 unspecified atom stereocenters. The first-order valence-corrected chi connectivity index (χ1v) is 45.3. The molecule has 0 saturated heterocycles. The number of anilines is 3. The Morgan fingerprint density at radius 1 is 0.619 bits per heavy atom. The second-order valence-electron chi connectivity index (χ2n) is 29.6. The lowest BCUT2D eigenvalue weighted by Gasteiger charge is -2.30. The minimum absolute atomic E-state index is 0.0154. The number of nitrogens with one attached hydrogen (secondary N) is 9. The average molecular weight is 1850 g/mol. The number of thiocarbonyl (C=S) groups is 6. The smallest absolute Gasteiger partial charge is 0.244 e. The summed E-state index contributed by atoms with van der Waals surface area (Å²) in [6.07, 6.45) is 13.2. The number of hydrazone groups is 4. The first-order chi connectivity index (χ1) is 60.9. The zero-order chi connectivity index (χ0) is 89.1. The van der Waals surface area contributed by atoms with E-state index in [1.165, 1.54) is 45.7 Å². The number of ketones is 1. The number of carbonyl (C=O) groups excluding carboxylic acids is 3. The molecule has 3 aliphatic carbocycles. The van der Waals surface area contributed by atoms with E-state index in [2.05, 4.69) is 119 Å². The molecule has 126 heavy (non-hydrogen) atoms. The topological polar surface area (TPSA) is 381 Å². The number of Topliss-reactive ketones (excluding diaryl/α,β-unsaturated/α-hetero) is 1. The number of thiazole rings is 1. The van der Waals surface area contributed by atoms with Gasteiger partial charge in [0.1, 0.15) is 18.0 Å². The van der Waals surface area contributed by atoms with Crippen LogP contribution in [0.5, 0.6) is 11.6 Å². The van der Waals surface area contributed by atoms with Crippen molar-refractivity contribution in [3.8, 4) is 17.3 Å². The number of para-hydroxylation sites is 5. The van der Waals surface area contributed by atoms with Gasteiger partial charge >= 0.3 is 0 Å². The standard InChI is InChI=1S/C24H21N5O2S.C16H17N5OS.C14H13N3OS.C14H19N3S.C13H14N4OS2.C8H9N3S3/c1-16-8-7-11-18(14-16)25-21(30)15-29-20-13-6-5-12-19(20)22(23(29)31)27-28-24(32)26-17-9-3-2-4-10-17;1-16(2)8-12-11(13(22)14(16)19-20-15(17)23)9-18-21(12)10-6-4-3-5-7-10;15-14(19)17-16-11-7-8-18-12-6-5-9-3-1-2-4-10(9)13(11)12;18-14(15-12-8-6-3-7-9-12)17-16-13-10-4-1-2-5-11-13;1-17-9-4-2-3-5-10(9)20-13(17)16-15-12(19)14-11(18)8-6-7-8;9-8(12)11-10-6-2-4-14-7-5(6)1-3-13-7/h2-14,31H,15H2,1H3,(H,25,30)(H,26,32);3-7,9H,8H2,1-2H3,(H3,17,20,23);1-6H,7-8H2,(H3,15,17,19);3,6-9H,1-2,4-5,10-11H2,(H2,15,17,18);2-5,8H,6-7H2,1H3,(H2,14,15,18,19);1,3H,2,4H2,(H3,9,11,12)/b;19-14-;16-11+;;16-13+;10-6-. The minimum Gasteiger partial charge on any atom is -0.493 e. The Morgan fingerprint density at radius 3 is 1.92 bits per heavy atom. The predicted molar refractivity (Wildman–Crippen MR) is 534 cm³/mol. The van der Waals surface area contributed by atoms with Crippen molar-refractivity contribution in [1.82, 2.24) is 51.4 Å². The number of hydrogen-bond donors (Lipinski definition) is 13. The summed E-state index contributed by atoms with van der Waals surface area (Å²) in [6.45, 7) is 6.42. The number of nitrogens with two attached hydrogens (primary N) is 3. The molecule has 2 saturated carbocycles. The number of fused-ring (bicyclic) bond motifs is 7. The number of azo groups is 1. The lowest BCUT2D eigenvalue weighted by molar-refractivity contribution is -0.121. The number of rotatable bonds is 13. The number of thioether (sulfide) groups is 1. The third-order valence-corrected chi connectivity index (χ3v) is 23.9. The zero-order valence-electron chi connectivity index (χ0n) is 69.2. The highest BCUT2D eigenvalue weighted by Crippen LogP contribution is 2.40. The number of hydrogen-bond acceptors (Lipinski definition) is 21. The van der Waals surface area contributed by atoms with Crippen molar-refractivity contribution < 1.29 is 24.2 Å². The highest BCUT2D eigenvalue weighted by Gasteiger charge is 2.41. The quantitative estimate of drug-likeness (QED) is 0.0221. The van der Waals surface area contributed by atoms with Crippen molar-refractivity contribution in [2.45, 2.75) is 102 Å². The maximum absolute atomic E-state index is 12.8. The summed E-state index contributed by atoms with van der Waals surface area (Å²) in [6, 6.07) is 66.2. The lowest BCUT2D eigenvalue weighted by atomic mass is 9.74. The largest absolute Gasteiger partial charge is 0.493 e. The van der Waals surface area contributed by atoms with Gasteiger partial charge in [-0.1, -0.05) is 165 Å². The van der Waals surface area contributed by atoms with Crippen LogP contribution in [0.25, 0.3) is 37.6 Å². The van der Waals surface area contributed by atoms with Gasteiger partial charge in [0.15, 0.2) is 31.2 Å². The number of aryl methyl sites for hydroxylation is 2. The van der Waals surface area contributed by atoms with Crippen LogP contribution in [0.3, 0.4) is 0 Å². The Labute approximate surface area is 772 Å². The number of amides is 2. The van der Waals surface area contributed by atoms with E-state index in [-0.39, 0.29) is 67.2 Å². The Kier molecular flexibility index (Phi) is 33.4. The summed E-state index contributed by atoms with van der Waals surface area (Å²) in [5.74, 6) is 1.48. The number of nitrogens with zero attached hydrogens (tertiary/aromatic N) is 11. The number of ether oxygens (including phenoxy) is 1. The van der Waals surface area contributed by atoms with Gasteiger partial charge < -0.3 is 57.4 Å². The highest BCUT2D eigenvalue weighted by molar-refractivity contribution is 8.01. The summed E-state index contributed by atoms with van der Waals surface area (Å²) in [5, 5.41) is 62.7. The van der Waals surface area contributed by atoms with E-state index < -0.39 is 5.41 Å². The van der Waals surface area contributed by atoms with Crippen LogP contribution in [-0.4, -0.2) is 107 Å². The molecule has 37 heteroatoms. The first kappa shape index (κ1) is 92.7. The number of carbonyl (C=O) groups is 3. The maximum atomic E-state index is 12.8. The second-order valence-corrected chi connectivity index (χ2v) is 35.4. The van der Waals surface area contributed by atoms with Crippen molar-refractivity contribution in [3.05, 3.63) is 251 Å². The summed E-state index contributed by atoms with van der Waals surface area (Å²) in [5.41, 5.74) is 43.0.